The van der Waals surface area contributed by atoms with E-state index in [1.165, 1.54) is 0 Å². The summed E-state index contributed by atoms with van der Waals surface area (Å²) in [6.45, 7) is 1.84. The second-order valence-electron chi connectivity index (χ2n) is 2.62. The van der Waals surface area contributed by atoms with Gasteiger partial charge in [-0.2, -0.15) is 0 Å². The molecule has 0 saturated carbocycles. The molecular formula is C8H12N4O. The molecule has 4 N–H and O–H groups in total. The molecule has 13 heavy (non-hydrogen) atoms. The Balaban J connectivity index is 3.16. The number of anilines is 1. The number of rotatable bonds is 2. The smallest absolute Gasteiger partial charge is 0.188 e. The molecule has 0 aliphatic carbocycles. The minimum Gasteiger partial charge on any atom is -0.409 e. The van der Waals surface area contributed by atoms with Gasteiger partial charge in [-0.15, -0.1) is 0 Å². The Labute approximate surface area is 76.3 Å². The summed E-state index contributed by atoms with van der Waals surface area (Å²) >= 11 is 0. The molecule has 0 aromatic carbocycles. The zero-order valence-electron chi connectivity index (χ0n) is 7.57. The van der Waals surface area contributed by atoms with Crippen LogP contribution in [-0.2, 0) is 0 Å². The minimum atomic E-state index is 0.0141. The van der Waals surface area contributed by atoms with Crippen molar-refractivity contribution >= 4 is 11.5 Å². The van der Waals surface area contributed by atoms with Crippen molar-refractivity contribution in [3.63, 3.8) is 0 Å². The first-order valence-corrected chi connectivity index (χ1v) is 3.81. The molecule has 0 bridgehead atoms. The number of nitrogens with zero attached hydrogens (tertiary/aromatic N) is 2. The van der Waals surface area contributed by atoms with Gasteiger partial charge in [-0.1, -0.05) is 5.16 Å². The highest BCUT2D eigenvalue weighted by atomic mass is 16.4. The highest BCUT2D eigenvalue weighted by Crippen LogP contribution is 2.09. The number of pyridine rings is 1. The van der Waals surface area contributed by atoms with E-state index in [0.717, 1.165) is 11.4 Å². The van der Waals surface area contributed by atoms with E-state index in [1.54, 1.807) is 13.1 Å². The first-order chi connectivity index (χ1) is 6.17. The van der Waals surface area contributed by atoms with Crippen molar-refractivity contribution in [3.8, 4) is 0 Å². The molecular weight excluding hydrogens is 168 g/mol. The summed E-state index contributed by atoms with van der Waals surface area (Å²) < 4.78 is 0. The van der Waals surface area contributed by atoms with Crippen molar-refractivity contribution in [2.45, 2.75) is 6.92 Å². The third-order valence-electron chi connectivity index (χ3n) is 1.61. The fourth-order valence-electron chi connectivity index (χ4n) is 0.995. The Morgan fingerprint density at radius 2 is 2.31 bits per heavy atom. The van der Waals surface area contributed by atoms with Gasteiger partial charge in [0.15, 0.2) is 5.84 Å². The Hall–Kier alpha value is -1.78. The van der Waals surface area contributed by atoms with Crippen LogP contribution >= 0.6 is 0 Å². The van der Waals surface area contributed by atoms with E-state index in [2.05, 4.69) is 15.5 Å². The van der Waals surface area contributed by atoms with E-state index < -0.39 is 0 Å². The first-order valence-electron chi connectivity index (χ1n) is 3.81. The molecule has 0 fully saturated rings. The van der Waals surface area contributed by atoms with Crippen LogP contribution in [0.4, 0.5) is 5.69 Å². The average Bonchev–Trinajstić information content (AvgIpc) is 2.15. The van der Waals surface area contributed by atoms with Crippen LogP contribution in [0.3, 0.4) is 0 Å². The maximum atomic E-state index is 8.45. The van der Waals surface area contributed by atoms with Gasteiger partial charge in [-0.05, 0) is 19.1 Å². The molecule has 0 aliphatic heterocycles. The molecule has 70 valence electrons. The maximum Gasteiger partial charge on any atom is 0.188 e. The van der Waals surface area contributed by atoms with Crippen molar-refractivity contribution in [1.29, 1.82) is 0 Å². The normalized spacial score (nSPS) is 11.4. The fourth-order valence-corrected chi connectivity index (χ4v) is 0.995. The van der Waals surface area contributed by atoms with Crippen LogP contribution in [0, 0.1) is 6.92 Å². The highest BCUT2D eigenvalue weighted by Gasteiger charge is 2.03. The summed E-state index contributed by atoms with van der Waals surface area (Å²) in [4.78, 5) is 4.10. The summed E-state index contributed by atoms with van der Waals surface area (Å²) in [6.07, 6.45) is 0. The number of aromatic nitrogens is 1. The van der Waals surface area contributed by atoms with Crippen LogP contribution in [0.15, 0.2) is 17.3 Å². The van der Waals surface area contributed by atoms with Crippen LogP contribution in [0.1, 0.15) is 11.4 Å². The van der Waals surface area contributed by atoms with Crippen molar-refractivity contribution in [2.75, 3.05) is 12.4 Å². The van der Waals surface area contributed by atoms with Gasteiger partial charge in [0.2, 0.25) is 0 Å². The lowest BCUT2D eigenvalue weighted by molar-refractivity contribution is 0.318. The largest absolute Gasteiger partial charge is 0.409 e. The molecule has 5 nitrogen and oxygen atoms in total. The van der Waals surface area contributed by atoms with Gasteiger partial charge in [0.05, 0.1) is 0 Å². The van der Waals surface area contributed by atoms with Gasteiger partial charge in [0.1, 0.15) is 5.69 Å². The predicted octanol–water partition coefficient (Wildman–Crippen LogP) is 0.526. The van der Waals surface area contributed by atoms with Crippen LogP contribution in [0.25, 0.3) is 0 Å². The van der Waals surface area contributed by atoms with Crippen LogP contribution in [0.5, 0.6) is 0 Å². The molecule has 1 aromatic rings. The highest BCUT2D eigenvalue weighted by molar-refractivity contribution is 5.95. The van der Waals surface area contributed by atoms with Gasteiger partial charge in [-0.3, -0.25) is 0 Å². The second kappa shape index (κ2) is 3.75. The molecule has 0 radical (unpaired) electrons. The predicted molar refractivity (Wildman–Crippen MR) is 51.0 cm³/mol. The lowest BCUT2D eigenvalue weighted by Crippen LogP contribution is -2.15. The Morgan fingerprint density at radius 1 is 1.62 bits per heavy atom. The number of nitrogens with one attached hydrogen (secondary N) is 1. The topological polar surface area (TPSA) is 83.5 Å². The van der Waals surface area contributed by atoms with Gasteiger partial charge in [0.25, 0.3) is 0 Å². The monoisotopic (exact) mass is 180 g/mol. The standard InChI is InChI=1S/C8H12N4O/c1-5-3-6(10-2)4-7(11-5)8(9)12-13/h3-4,13H,1-2H3,(H2,9,12)(H,10,11). The third-order valence-corrected chi connectivity index (χ3v) is 1.61. The molecule has 0 unspecified atom stereocenters. The maximum absolute atomic E-state index is 8.45. The number of hydrogen-bond acceptors (Lipinski definition) is 4. The summed E-state index contributed by atoms with van der Waals surface area (Å²) in [6, 6.07) is 3.58. The van der Waals surface area contributed by atoms with E-state index in [0.29, 0.717) is 5.69 Å². The summed E-state index contributed by atoms with van der Waals surface area (Å²) in [5.74, 6) is 0.0141. The number of nitrogens with two attached hydrogens (primary N) is 1. The quantitative estimate of drug-likeness (QED) is 0.268. The van der Waals surface area contributed by atoms with Gasteiger partial charge in [0, 0.05) is 18.4 Å². The van der Waals surface area contributed by atoms with Crippen molar-refractivity contribution < 1.29 is 5.21 Å². The van der Waals surface area contributed by atoms with Crippen LogP contribution < -0.4 is 11.1 Å². The summed E-state index contributed by atoms with van der Waals surface area (Å²) in [7, 11) is 1.80. The number of aryl methyl sites for hydroxylation is 1. The summed E-state index contributed by atoms with van der Waals surface area (Å²) in [5, 5.41) is 14.3. The van der Waals surface area contributed by atoms with E-state index in [-0.39, 0.29) is 5.84 Å². The van der Waals surface area contributed by atoms with Crippen molar-refractivity contribution in [3.05, 3.63) is 23.5 Å². The molecule has 0 amide bonds. The van der Waals surface area contributed by atoms with E-state index in [9.17, 15) is 0 Å². The fraction of sp³-hybridized carbons (Fsp3) is 0.250. The molecule has 5 heteroatoms. The Morgan fingerprint density at radius 3 is 2.85 bits per heavy atom. The lowest BCUT2D eigenvalue weighted by atomic mass is 10.2. The zero-order chi connectivity index (χ0) is 9.84. The van der Waals surface area contributed by atoms with Gasteiger partial charge >= 0.3 is 0 Å². The second-order valence-corrected chi connectivity index (χ2v) is 2.62. The molecule has 0 spiro atoms. The molecule has 0 atom stereocenters. The SMILES string of the molecule is CNc1cc(C)nc(C(N)=NO)c1. The Kier molecular flexibility index (Phi) is 2.69. The van der Waals surface area contributed by atoms with Crippen molar-refractivity contribution in [2.24, 2.45) is 10.9 Å². The van der Waals surface area contributed by atoms with Gasteiger partial charge in [-0.25, -0.2) is 4.98 Å². The van der Waals surface area contributed by atoms with Crippen LogP contribution in [-0.4, -0.2) is 23.1 Å². The van der Waals surface area contributed by atoms with E-state index in [4.69, 9.17) is 10.9 Å². The molecule has 0 saturated heterocycles. The number of oxime groups is 1. The van der Waals surface area contributed by atoms with Crippen molar-refractivity contribution in [1.82, 2.24) is 4.98 Å². The summed E-state index contributed by atoms with van der Waals surface area (Å²) in [5.41, 5.74) is 7.56. The Bertz CT molecular complexity index is 335. The lowest BCUT2D eigenvalue weighted by Gasteiger charge is -2.04. The average molecular weight is 180 g/mol. The minimum absolute atomic E-state index is 0.0141. The first kappa shape index (κ1) is 9.31. The number of hydrogen-bond donors (Lipinski definition) is 3. The number of amidine groups is 1. The van der Waals surface area contributed by atoms with Crippen LogP contribution in [0.2, 0.25) is 0 Å². The van der Waals surface area contributed by atoms with Gasteiger partial charge < -0.3 is 16.3 Å². The molecule has 1 rings (SSSR count). The zero-order valence-corrected chi connectivity index (χ0v) is 7.57. The third kappa shape index (κ3) is 2.08. The molecule has 0 aliphatic rings. The van der Waals surface area contributed by atoms with E-state index >= 15 is 0 Å². The van der Waals surface area contributed by atoms with E-state index in [1.807, 2.05) is 13.0 Å². The molecule has 1 heterocycles. The molecule has 1 aromatic heterocycles.